The number of carboxylic acids is 1. The van der Waals surface area contributed by atoms with E-state index < -0.39 is 51.1 Å². The smallest absolute Gasteiger partial charge is 0.472 e. The van der Waals surface area contributed by atoms with E-state index in [4.69, 9.17) is 24.8 Å². The van der Waals surface area contributed by atoms with Crippen molar-refractivity contribution in [2.75, 3.05) is 19.8 Å². The predicted octanol–water partition coefficient (Wildman–Crippen LogP) is 12.0. The number of phosphoric acid groups is 1. The van der Waals surface area contributed by atoms with Crippen LogP contribution in [0.15, 0.2) is 36.5 Å². The largest absolute Gasteiger partial charge is 0.480 e. The highest BCUT2D eigenvalue weighted by molar-refractivity contribution is 7.47. The number of carbonyl (C=O) groups is 3. The fourth-order valence-electron chi connectivity index (χ4n) is 6.03. The molecule has 0 saturated heterocycles. The monoisotopic (exact) mass is 828 g/mol. The Morgan fingerprint density at radius 1 is 0.544 bits per heavy atom. The zero-order valence-corrected chi connectivity index (χ0v) is 36.8. The molecule has 0 aromatic rings. The standard InChI is InChI=1S/C45H82NO10P/c1-3-5-7-9-11-13-15-17-19-20-21-22-23-25-26-28-30-32-34-36-43(47)53-38-41(39-54-57(51,52)55-40-42(46)45(49)50)56-44(48)37-35-33-31-29-27-24-18-16-14-12-10-8-6-4-2/h11,13,16-19,41-42H,3-10,12,14-15,20-40,46H2,1-2H3,(H,49,50)(H,51,52)/b13-11-,18-16-,19-17-/t41-,42+/m1/s1. The van der Waals surface area contributed by atoms with Gasteiger partial charge in [-0.3, -0.25) is 23.4 Å². The Hall–Kier alpha value is -2.30. The maximum Gasteiger partial charge on any atom is 0.472 e. The van der Waals surface area contributed by atoms with Gasteiger partial charge < -0.3 is 25.2 Å². The first-order valence-electron chi connectivity index (χ1n) is 22.5. The minimum atomic E-state index is -4.72. The Balaban J connectivity index is 4.33. The molecule has 0 amide bonds. The van der Waals surface area contributed by atoms with Gasteiger partial charge in [-0.25, -0.2) is 4.57 Å². The average Bonchev–Trinajstić information content (AvgIpc) is 3.19. The maximum atomic E-state index is 12.6. The van der Waals surface area contributed by atoms with Crippen LogP contribution in [-0.4, -0.2) is 59.9 Å². The molecule has 0 aromatic carbocycles. The van der Waals surface area contributed by atoms with Crippen molar-refractivity contribution in [1.82, 2.24) is 0 Å². The van der Waals surface area contributed by atoms with Gasteiger partial charge in [0, 0.05) is 12.8 Å². The number of nitrogens with two attached hydrogens (primary N) is 1. The first-order valence-corrected chi connectivity index (χ1v) is 24.0. The van der Waals surface area contributed by atoms with Crippen LogP contribution in [0.3, 0.4) is 0 Å². The van der Waals surface area contributed by atoms with Gasteiger partial charge in [-0.2, -0.15) is 0 Å². The SMILES string of the molecule is CCCCC/C=C\C/C=C\CCCCCCCCCCCC(=O)OC[C@H](COP(=O)(O)OC[C@H](N)C(=O)O)OC(=O)CCCCCCC/C=C\CCCCCCC. The average molecular weight is 828 g/mol. The second-order valence-corrected chi connectivity index (χ2v) is 16.6. The third-order valence-electron chi connectivity index (χ3n) is 9.61. The van der Waals surface area contributed by atoms with Gasteiger partial charge in [0.15, 0.2) is 6.10 Å². The Kier molecular flexibility index (Phi) is 38.8. The third kappa shape index (κ3) is 40.3. The molecule has 57 heavy (non-hydrogen) atoms. The summed E-state index contributed by atoms with van der Waals surface area (Å²) in [6, 6.07) is -1.52. The molecule has 332 valence electrons. The molecule has 1 unspecified atom stereocenters. The van der Waals surface area contributed by atoms with Crippen LogP contribution < -0.4 is 5.73 Å². The van der Waals surface area contributed by atoms with Gasteiger partial charge in [0.2, 0.25) is 0 Å². The Morgan fingerprint density at radius 2 is 0.930 bits per heavy atom. The molecular weight excluding hydrogens is 745 g/mol. The Labute approximate surface area is 346 Å². The highest BCUT2D eigenvalue weighted by atomic mass is 31.2. The third-order valence-corrected chi connectivity index (χ3v) is 10.6. The summed E-state index contributed by atoms with van der Waals surface area (Å²) in [6.45, 7) is 2.76. The van der Waals surface area contributed by atoms with Crippen LogP contribution in [0.5, 0.6) is 0 Å². The molecule has 0 saturated carbocycles. The Morgan fingerprint density at radius 3 is 1.42 bits per heavy atom. The van der Waals surface area contributed by atoms with Crippen molar-refractivity contribution in [3.05, 3.63) is 36.5 Å². The highest BCUT2D eigenvalue weighted by Gasteiger charge is 2.28. The van der Waals surface area contributed by atoms with E-state index in [1.807, 2.05) is 0 Å². The normalized spacial score (nSPS) is 14.0. The predicted molar refractivity (Wildman–Crippen MR) is 231 cm³/mol. The van der Waals surface area contributed by atoms with E-state index in [0.29, 0.717) is 12.8 Å². The number of aliphatic carboxylic acids is 1. The van der Waals surface area contributed by atoms with Crippen LogP contribution in [-0.2, 0) is 37.5 Å². The number of rotatable bonds is 42. The first kappa shape index (κ1) is 54.7. The number of allylic oxidation sites excluding steroid dienone is 6. The fraction of sp³-hybridized carbons (Fsp3) is 0.800. The fourth-order valence-corrected chi connectivity index (χ4v) is 6.81. The van der Waals surface area contributed by atoms with E-state index in [1.165, 1.54) is 89.9 Å². The molecule has 0 rings (SSSR count). The van der Waals surface area contributed by atoms with E-state index in [-0.39, 0.29) is 19.4 Å². The summed E-state index contributed by atoms with van der Waals surface area (Å²) in [5.74, 6) is -2.39. The quantitative estimate of drug-likeness (QED) is 0.0231. The van der Waals surface area contributed by atoms with Crippen molar-refractivity contribution in [2.45, 2.75) is 212 Å². The molecule has 4 N–H and O–H groups in total. The minimum absolute atomic E-state index is 0.151. The summed E-state index contributed by atoms with van der Waals surface area (Å²) in [7, 11) is -4.72. The van der Waals surface area contributed by atoms with Gasteiger partial charge in [0.25, 0.3) is 0 Å². The van der Waals surface area contributed by atoms with E-state index in [1.54, 1.807) is 0 Å². The molecule has 12 heteroatoms. The number of esters is 2. The van der Waals surface area contributed by atoms with Crippen molar-refractivity contribution in [2.24, 2.45) is 5.73 Å². The molecule has 11 nitrogen and oxygen atoms in total. The lowest BCUT2D eigenvalue weighted by atomic mass is 10.1. The van der Waals surface area contributed by atoms with E-state index in [0.717, 1.165) is 70.6 Å². The van der Waals surface area contributed by atoms with Crippen molar-refractivity contribution < 1.29 is 47.5 Å². The number of hydrogen-bond acceptors (Lipinski definition) is 9. The molecule has 0 aliphatic carbocycles. The zero-order valence-electron chi connectivity index (χ0n) is 35.9. The number of phosphoric ester groups is 1. The molecular formula is C45H82NO10P. The number of unbranched alkanes of at least 4 members (excludes halogenated alkanes) is 22. The van der Waals surface area contributed by atoms with Crippen LogP contribution in [0.4, 0.5) is 0 Å². The van der Waals surface area contributed by atoms with Crippen LogP contribution >= 0.6 is 7.82 Å². The molecule has 0 aliphatic rings. The number of carbonyl (C=O) groups excluding carboxylic acids is 2. The molecule has 3 atom stereocenters. The zero-order chi connectivity index (χ0) is 42.1. The van der Waals surface area contributed by atoms with E-state index in [2.05, 4.69) is 54.8 Å². The van der Waals surface area contributed by atoms with Gasteiger partial charge in [-0.15, -0.1) is 0 Å². The summed E-state index contributed by atoms with van der Waals surface area (Å²) in [6.07, 6.45) is 43.4. The molecule has 0 radical (unpaired) electrons. The molecule has 0 aromatic heterocycles. The Bertz CT molecular complexity index is 1110. The van der Waals surface area contributed by atoms with Gasteiger partial charge in [0.05, 0.1) is 13.2 Å². The first-order chi connectivity index (χ1) is 27.6. The molecule has 0 fully saturated rings. The topological polar surface area (TPSA) is 172 Å². The number of carboxylic acid groups (broad SMARTS) is 1. The van der Waals surface area contributed by atoms with Crippen molar-refractivity contribution in [1.29, 1.82) is 0 Å². The maximum absolute atomic E-state index is 12.6. The molecule has 0 heterocycles. The van der Waals surface area contributed by atoms with E-state index in [9.17, 15) is 23.8 Å². The van der Waals surface area contributed by atoms with Crippen molar-refractivity contribution in [3.63, 3.8) is 0 Å². The highest BCUT2D eigenvalue weighted by Crippen LogP contribution is 2.43. The lowest BCUT2D eigenvalue weighted by molar-refractivity contribution is -0.161. The molecule has 0 aliphatic heterocycles. The van der Waals surface area contributed by atoms with Crippen molar-refractivity contribution in [3.8, 4) is 0 Å². The van der Waals surface area contributed by atoms with Crippen LogP contribution in [0.2, 0.25) is 0 Å². The second-order valence-electron chi connectivity index (χ2n) is 15.2. The van der Waals surface area contributed by atoms with Crippen LogP contribution in [0.25, 0.3) is 0 Å². The van der Waals surface area contributed by atoms with Crippen LogP contribution in [0.1, 0.15) is 200 Å². The summed E-state index contributed by atoms with van der Waals surface area (Å²) in [5.41, 5.74) is 5.33. The van der Waals surface area contributed by atoms with Crippen LogP contribution in [0, 0.1) is 0 Å². The number of hydrogen-bond donors (Lipinski definition) is 3. The van der Waals surface area contributed by atoms with Gasteiger partial charge in [0.1, 0.15) is 12.6 Å². The molecule has 0 spiro atoms. The van der Waals surface area contributed by atoms with Gasteiger partial charge in [-0.05, 0) is 70.6 Å². The number of ether oxygens (including phenoxy) is 2. The molecule has 0 bridgehead atoms. The van der Waals surface area contributed by atoms with Gasteiger partial charge >= 0.3 is 25.7 Å². The van der Waals surface area contributed by atoms with Gasteiger partial charge in [-0.1, -0.05) is 153 Å². The summed E-state index contributed by atoms with van der Waals surface area (Å²) in [5, 5.41) is 8.89. The summed E-state index contributed by atoms with van der Waals surface area (Å²) in [4.78, 5) is 46.0. The summed E-state index contributed by atoms with van der Waals surface area (Å²) >= 11 is 0. The minimum Gasteiger partial charge on any atom is -0.480 e. The lowest BCUT2D eigenvalue weighted by Crippen LogP contribution is -2.34. The lowest BCUT2D eigenvalue weighted by Gasteiger charge is -2.20. The second kappa shape index (κ2) is 40.5. The van der Waals surface area contributed by atoms with E-state index >= 15 is 0 Å². The van der Waals surface area contributed by atoms with Crippen molar-refractivity contribution >= 4 is 25.7 Å². The summed E-state index contributed by atoms with van der Waals surface area (Å²) < 4.78 is 32.7.